The van der Waals surface area contributed by atoms with Gasteiger partial charge in [-0.3, -0.25) is 0 Å². The number of hydrogen-bond donors (Lipinski definition) is 6. The molecule has 0 fully saturated rings. The van der Waals surface area contributed by atoms with Crippen LogP contribution in [0.3, 0.4) is 0 Å². The average Bonchev–Trinajstić information content (AvgIpc) is 2.49. The fourth-order valence-electron chi connectivity index (χ4n) is 1.44. The maximum atomic E-state index is 10.6. The number of carbonyl (C=O) groups is 2. The maximum absolute atomic E-state index is 10.6. The SMILES string of the molecule is O=C(O)c1cc(O)c(O)c(O)c1.O=C(O)c1cc([O-])c([O-])c(O)c1.[Zn+2]. The van der Waals surface area contributed by atoms with E-state index in [2.05, 4.69) is 0 Å². The van der Waals surface area contributed by atoms with Gasteiger partial charge in [0.2, 0.25) is 0 Å². The zero-order valence-corrected chi connectivity index (χ0v) is 15.3. The van der Waals surface area contributed by atoms with E-state index in [9.17, 15) is 19.8 Å². The van der Waals surface area contributed by atoms with Gasteiger partial charge >= 0.3 is 31.4 Å². The van der Waals surface area contributed by atoms with Gasteiger partial charge in [0.25, 0.3) is 0 Å². The Hall–Kier alpha value is -3.20. The largest absolute Gasteiger partial charge is 2.00 e. The Morgan fingerprint density at radius 3 is 1.44 bits per heavy atom. The van der Waals surface area contributed by atoms with Gasteiger partial charge in [-0.2, -0.15) is 0 Å². The second-order valence-electron chi connectivity index (χ2n) is 4.30. The topological polar surface area (TPSA) is 202 Å². The average molecular weight is 404 g/mol. The molecule has 0 aliphatic heterocycles. The molecule has 0 spiro atoms. The molecule has 2 rings (SSSR count). The van der Waals surface area contributed by atoms with E-state index in [1.165, 1.54) is 0 Å². The second kappa shape index (κ2) is 8.60. The van der Waals surface area contributed by atoms with Gasteiger partial charge < -0.3 is 40.9 Å². The van der Waals surface area contributed by atoms with Crippen LogP contribution in [-0.4, -0.2) is 42.6 Å². The molecule has 0 radical (unpaired) electrons. The van der Waals surface area contributed by atoms with Crippen LogP contribution >= 0.6 is 0 Å². The number of aromatic carboxylic acids is 2. The first-order valence-corrected chi connectivity index (χ1v) is 5.97. The number of aromatic hydroxyl groups is 4. The molecular formula is C14H10O10Zn. The summed E-state index contributed by atoms with van der Waals surface area (Å²) in [5, 5.41) is 73.3. The van der Waals surface area contributed by atoms with Gasteiger partial charge in [-0.1, -0.05) is 11.8 Å². The number of carboxylic acids is 2. The van der Waals surface area contributed by atoms with Crippen molar-refractivity contribution in [1.29, 1.82) is 0 Å². The van der Waals surface area contributed by atoms with Gasteiger partial charge in [-0.25, -0.2) is 9.59 Å². The Labute approximate surface area is 152 Å². The number of carboxylic acid groups (broad SMARTS) is 2. The van der Waals surface area contributed by atoms with E-state index in [0.29, 0.717) is 6.07 Å². The molecule has 0 saturated heterocycles. The second-order valence-corrected chi connectivity index (χ2v) is 4.30. The van der Waals surface area contributed by atoms with Crippen molar-refractivity contribution in [2.45, 2.75) is 0 Å². The van der Waals surface area contributed by atoms with E-state index in [0.717, 1.165) is 18.2 Å². The maximum Gasteiger partial charge on any atom is 2.00 e. The molecule has 11 heteroatoms. The van der Waals surface area contributed by atoms with Crippen LogP contribution in [0.1, 0.15) is 20.7 Å². The van der Waals surface area contributed by atoms with E-state index in [4.69, 9.17) is 30.6 Å². The Morgan fingerprint density at radius 2 is 1.08 bits per heavy atom. The third-order valence-corrected chi connectivity index (χ3v) is 2.60. The van der Waals surface area contributed by atoms with Gasteiger partial charge in [0, 0.05) is 0 Å². The minimum atomic E-state index is -1.36. The number of benzene rings is 2. The fourth-order valence-corrected chi connectivity index (χ4v) is 1.44. The molecule has 128 valence electrons. The van der Waals surface area contributed by atoms with Gasteiger partial charge in [0.05, 0.1) is 11.1 Å². The van der Waals surface area contributed by atoms with Gasteiger partial charge in [-0.15, -0.1) is 5.75 Å². The zero-order valence-electron chi connectivity index (χ0n) is 12.3. The Morgan fingerprint density at radius 1 is 0.720 bits per heavy atom. The first-order valence-electron chi connectivity index (χ1n) is 5.97. The molecule has 0 aliphatic rings. The molecule has 2 aromatic rings. The summed E-state index contributed by atoms with van der Waals surface area (Å²) >= 11 is 0. The van der Waals surface area contributed by atoms with Crippen molar-refractivity contribution in [1.82, 2.24) is 0 Å². The van der Waals surface area contributed by atoms with Crippen LogP contribution in [-0.2, 0) is 19.5 Å². The molecule has 0 heterocycles. The summed E-state index contributed by atoms with van der Waals surface area (Å²) in [5.41, 5.74) is -0.681. The smallest absolute Gasteiger partial charge is 0.873 e. The van der Waals surface area contributed by atoms with Crippen molar-refractivity contribution < 1.29 is 69.9 Å². The van der Waals surface area contributed by atoms with Crippen LogP contribution in [0.15, 0.2) is 24.3 Å². The van der Waals surface area contributed by atoms with Crippen molar-refractivity contribution in [3.8, 4) is 34.5 Å². The first-order chi connectivity index (χ1) is 11.0. The summed E-state index contributed by atoms with van der Waals surface area (Å²) < 4.78 is 0. The summed E-state index contributed by atoms with van der Waals surface area (Å²) in [6, 6.07) is 3.10. The van der Waals surface area contributed by atoms with Crippen molar-refractivity contribution in [2.75, 3.05) is 0 Å². The molecule has 0 aliphatic carbocycles. The van der Waals surface area contributed by atoms with Crippen LogP contribution in [0.25, 0.3) is 0 Å². The predicted octanol–water partition coefficient (Wildman–Crippen LogP) is -0.263. The van der Waals surface area contributed by atoms with Crippen molar-refractivity contribution >= 4 is 11.9 Å². The number of phenolic OH excluding ortho intramolecular Hbond substituents is 4. The van der Waals surface area contributed by atoms with Crippen LogP contribution in [0, 0.1) is 0 Å². The molecule has 25 heavy (non-hydrogen) atoms. The number of phenols is 4. The van der Waals surface area contributed by atoms with E-state index < -0.39 is 52.0 Å². The molecule has 10 nitrogen and oxygen atoms in total. The molecule has 0 aromatic heterocycles. The molecule has 0 saturated carbocycles. The summed E-state index contributed by atoms with van der Waals surface area (Å²) in [6.45, 7) is 0. The quantitative estimate of drug-likeness (QED) is 0.286. The summed E-state index contributed by atoms with van der Waals surface area (Å²) in [5.74, 6) is -7.63. The van der Waals surface area contributed by atoms with E-state index in [1.807, 2.05) is 0 Å². The Bertz CT molecular complexity index is 689. The molecular weight excluding hydrogens is 394 g/mol. The Balaban J connectivity index is 0.000000443. The molecule has 0 unspecified atom stereocenters. The van der Waals surface area contributed by atoms with Gasteiger partial charge in [0.15, 0.2) is 17.2 Å². The third kappa shape index (κ3) is 5.43. The number of hydrogen-bond acceptors (Lipinski definition) is 8. The Kier molecular flexibility index (Phi) is 7.50. The van der Waals surface area contributed by atoms with Crippen LogP contribution < -0.4 is 10.2 Å². The van der Waals surface area contributed by atoms with Crippen molar-refractivity contribution in [2.24, 2.45) is 0 Å². The zero-order chi connectivity index (χ0) is 18.6. The minimum absolute atomic E-state index is 0. The standard InChI is InChI=1S/2C7H6O5.Zn/c2*8-4-1-3(7(11)12)2-5(9)6(4)10;/h2*1-2,8-10H,(H,11,12);/q;;+2/p-2. The van der Waals surface area contributed by atoms with E-state index >= 15 is 0 Å². The monoisotopic (exact) mass is 402 g/mol. The normalized spacial score (nSPS) is 9.28. The minimum Gasteiger partial charge on any atom is -0.873 e. The predicted molar refractivity (Wildman–Crippen MR) is 72.4 cm³/mol. The number of rotatable bonds is 2. The summed E-state index contributed by atoms with van der Waals surface area (Å²) in [4.78, 5) is 20.6. The van der Waals surface area contributed by atoms with Crippen LogP contribution in [0.5, 0.6) is 34.5 Å². The molecule has 0 bridgehead atoms. The molecule has 0 atom stereocenters. The van der Waals surface area contributed by atoms with E-state index in [-0.39, 0.29) is 25.0 Å². The third-order valence-electron chi connectivity index (χ3n) is 2.60. The molecule has 6 N–H and O–H groups in total. The van der Waals surface area contributed by atoms with Gasteiger partial charge in [0.1, 0.15) is 5.75 Å². The summed E-state index contributed by atoms with van der Waals surface area (Å²) in [6.07, 6.45) is 0. The molecule has 2 aromatic carbocycles. The first kappa shape index (κ1) is 21.8. The summed E-state index contributed by atoms with van der Waals surface area (Å²) in [7, 11) is 0. The van der Waals surface area contributed by atoms with Crippen molar-refractivity contribution in [3.63, 3.8) is 0 Å². The fraction of sp³-hybridized carbons (Fsp3) is 0. The van der Waals surface area contributed by atoms with Gasteiger partial charge in [-0.05, 0) is 18.2 Å². The van der Waals surface area contributed by atoms with Crippen LogP contribution in [0.4, 0.5) is 0 Å². The van der Waals surface area contributed by atoms with E-state index in [1.54, 1.807) is 0 Å². The molecule has 0 amide bonds. The van der Waals surface area contributed by atoms with Crippen LogP contribution in [0.2, 0.25) is 0 Å². The van der Waals surface area contributed by atoms with Crippen molar-refractivity contribution in [3.05, 3.63) is 35.4 Å².